The molecule has 42 valence electrons. The molecule has 1 aromatic rings. The van der Waals surface area contributed by atoms with Gasteiger partial charge in [-0.3, -0.25) is 0 Å². The van der Waals surface area contributed by atoms with Gasteiger partial charge < -0.3 is 0 Å². The SMILES string of the molecule is Cc1cccc([18F])c1. The van der Waals surface area contributed by atoms with Crippen LogP contribution in [0.4, 0.5) is 4.39 Å². The molecule has 0 radical (unpaired) electrons. The minimum absolute atomic E-state index is 0.162. The van der Waals surface area contributed by atoms with Crippen molar-refractivity contribution in [1.82, 2.24) is 0 Å². The van der Waals surface area contributed by atoms with E-state index < -0.39 is 0 Å². The molecule has 0 heterocycles. The Balaban J connectivity index is 3.08. The Morgan fingerprint density at radius 1 is 1.38 bits per heavy atom. The molecule has 0 fully saturated rings. The summed E-state index contributed by atoms with van der Waals surface area (Å²) in [5.41, 5.74) is 0.963. The van der Waals surface area contributed by atoms with Crippen molar-refractivity contribution in [3.05, 3.63) is 35.6 Å². The van der Waals surface area contributed by atoms with Crippen LogP contribution in [0.2, 0.25) is 0 Å². The fraction of sp³-hybridized carbons (Fsp3) is 0.143. The normalized spacial score (nSPS) is 9.25. The summed E-state index contributed by atoms with van der Waals surface area (Å²) in [5, 5.41) is 0. The van der Waals surface area contributed by atoms with Gasteiger partial charge in [0.2, 0.25) is 0 Å². The molecule has 8 heavy (non-hydrogen) atoms. The van der Waals surface area contributed by atoms with Crippen LogP contribution >= 0.6 is 0 Å². The lowest BCUT2D eigenvalue weighted by Gasteiger charge is -1.87. The molecule has 0 bridgehead atoms. The number of benzene rings is 1. The number of aryl methyl sites for hydroxylation is 1. The molecule has 1 heteroatoms. The molecule has 0 spiro atoms. The van der Waals surface area contributed by atoms with Gasteiger partial charge in [-0.15, -0.1) is 0 Å². The Morgan fingerprint density at radius 2 is 2.12 bits per heavy atom. The summed E-state index contributed by atoms with van der Waals surface area (Å²) in [6.07, 6.45) is 0. The molecule has 0 atom stereocenters. The van der Waals surface area contributed by atoms with Gasteiger partial charge in [-0.1, -0.05) is 12.1 Å². The molecule has 0 unspecified atom stereocenters. The van der Waals surface area contributed by atoms with Gasteiger partial charge >= 0.3 is 0 Å². The molecule has 0 N–H and O–H groups in total. The van der Waals surface area contributed by atoms with Crippen molar-refractivity contribution in [2.75, 3.05) is 0 Å². The molecule has 1 aromatic carbocycles. The maximum absolute atomic E-state index is 12.2. The molecule has 0 amide bonds. The van der Waals surface area contributed by atoms with Crippen molar-refractivity contribution in [3.63, 3.8) is 0 Å². The highest BCUT2D eigenvalue weighted by molar-refractivity contribution is 5.13. The summed E-state index contributed by atoms with van der Waals surface area (Å²) < 4.78 is 12.2. The molecule has 0 aliphatic rings. The van der Waals surface area contributed by atoms with Crippen molar-refractivity contribution in [2.45, 2.75) is 6.92 Å². The van der Waals surface area contributed by atoms with Crippen molar-refractivity contribution in [3.8, 4) is 0 Å². The molecular weight excluding hydrogens is 102 g/mol. The van der Waals surface area contributed by atoms with Crippen LogP contribution in [0.3, 0.4) is 0 Å². The average Bonchev–Trinajstić information content (AvgIpc) is 1.64. The number of halogens is 1. The second kappa shape index (κ2) is 1.95. The predicted molar refractivity (Wildman–Crippen MR) is 31.1 cm³/mol. The van der Waals surface area contributed by atoms with Crippen molar-refractivity contribution in [2.24, 2.45) is 0 Å². The summed E-state index contributed by atoms with van der Waals surface area (Å²) >= 11 is 0. The largest absolute Gasteiger partial charge is 0.207 e. The first-order valence-electron chi connectivity index (χ1n) is 2.51. The zero-order valence-electron chi connectivity index (χ0n) is 4.69. The fourth-order valence-corrected chi connectivity index (χ4v) is 0.606. The third-order valence-electron chi connectivity index (χ3n) is 0.980. The third-order valence-corrected chi connectivity index (χ3v) is 0.980. The van der Waals surface area contributed by atoms with Gasteiger partial charge in [-0.05, 0) is 24.6 Å². The van der Waals surface area contributed by atoms with E-state index in [0.29, 0.717) is 0 Å². The lowest BCUT2D eigenvalue weighted by molar-refractivity contribution is 0.626. The molecular formula is C7H7F. The zero-order chi connectivity index (χ0) is 5.98. The van der Waals surface area contributed by atoms with Gasteiger partial charge in [0.05, 0.1) is 0 Å². The summed E-state index contributed by atoms with van der Waals surface area (Å²) in [4.78, 5) is 0. The van der Waals surface area contributed by atoms with E-state index in [1.165, 1.54) is 12.1 Å². The van der Waals surface area contributed by atoms with Crippen LogP contribution in [-0.2, 0) is 0 Å². The number of hydrogen-bond donors (Lipinski definition) is 0. The molecule has 0 aliphatic heterocycles. The van der Waals surface area contributed by atoms with Crippen LogP contribution in [0.1, 0.15) is 5.56 Å². The van der Waals surface area contributed by atoms with Gasteiger partial charge in [0, 0.05) is 0 Å². The van der Waals surface area contributed by atoms with Crippen LogP contribution in [-0.4, -0.2) is 0 Å². The standard InChI is InChI=1S/C7H7F/c1-6-3-2-4-7(8)5-6/h2-5H,1H3/i8-1. The highest BCUT2D eigenvalue weighted by Crippen LogP contribution is 1.99. The van der Waals surface area contributed by atoms with E-state index in [2.05, 4.69) is 0 Å². The first kappa shape index (κ1) is 5.29. The topological polar surface area (TPSA) is 0 Å². The summed E-state index contributed by atoms with van der Waals surface area (Å²) in [7, 11) is 0. The minimum Gasteiger partial charge on any atom is -0.207 e. The second-order valence-corrected chi connectivity index (χ2v) is 1.80. The first-order valence-corrected chi connectivity index (χ1v) is 2.51. The van der Waals surface area contributed by atoms with E-state index in [9.17, 15) is 4.39 Å². The van der Waals surface area contributed by atoms with E-state index in [0.717, 1.165) is 5.56 Å². The highest BCUT2D eigenvalue weighted by atomic mass is 18.2. The van der Waals surface area contributed by atoms with Gasteiger partial charge in [0.15, 0.2) is 0 Å². The Morgan fingerprint density at radius 3 is 2.50 bits per heavy atom. The fourth-order valence-electron chi connectivity index (χ4n) is 0.606. The van der Waals surface area contributed by atoms with Gasteiger partial charge in [-0.25, -0.2) is 4.39 Å². The minimum atomic E-state index is -0.162. The molecule has 0 nitrogen and oxygen atoms in total. The van der Waals surface area contributed by atoms with Crippen LogP contribution in [0.5, 0.6) is 0 Å². The molecule has 0 aromatic heterocycles. The van der Waals surface area contributed by atoms with Gasteiger partial charge in [0.25, 0.3) is 0 Å². The Kier molecular flexibility index (Phi) is 1.29. The van der Waals surface area contributed by atoms with Crippen molar-refractivity contribution >= 4 is 0 Å². The molecule has 0 saturated heterocycles. The van der Waals surface area contributed by atoms with Crippen molar-refractivity contribution < 1.29 is 4.39 Å². The number of rotatable bonds is 0. The van der Waals surface area contributed by atoms with Crippen molar-refractivity contribution in [1.29, 1.82) is 0 Å². The predicted octanol–water partition coefficient (Wildman–Crippen LogP) is 2.13. The number of hydrogen-bond acceptors (Lipinski definition) is 0. The maximum Gasteiger partial charge on any atom is 0.123 e. The smallest absolute Gasteiger partial charge is 0.123 e. The first-order chi connectivity index (χ1) is 3.79. The van der Waals surface area contributed by atoms with E-state index >= 15 is 0 Å². The summed E-state index contributed by atoms with van der Waals surface area (Å²) in [6.45, 7) is 1.86. The highest BCUT2D eigenvalue weighted by Gasteiger charge is 1.84. The Bertz CT molecular complexity index is 164. The Hall–Kier alpha value is -0.850. The van der Waals surface area contributed by atoms with Crippen LogP contribution in [0.15, 0.2) is 24.3 Å². The lowest BCUT2D eigenvalue weighted by atomic mass is 10.2. The zero-order valence-corrected chi connectivity index (χ0v) is 4.69. The van der Waals surface area contributed by atoms with E-state index in [4.69, 9.17) is 0 Å². The monoisotopic (exact) mass is 109 g/mol. The van der Waals surface area contributed by atoms with E-state index in [1.807, 2.05) is 13.0 Å². The van der Waals surface area contributed by atoms with Gasteiger partial charge in [0.1, 0.15) is 5.82 Å². The van der Waals surface area contributed by atoms with Gasteiger partial charge in [-0.2, -0.15) is 0 Å². The van der Waals surface area contributed by atoms with E-state index in [-0.39, 0.29) is 5.82 Å². The third kappa shape index (κ3) is 1.06. The molecule has 0 aliphatic carbocycles. The van der Waals surface area contributed by atoms with Crippen LogP contribution in [0, 0.1) is 12.7 Å². The van der Waals surface area contributed by atoms with E-state index in [1.54, 1.807) is 6.07 Å². The molecule has 0 saturated carbocycles. The van der Waals surface area contributed by atoms with Crippen LogP contribution in [0.25, 0.3) is 0 Å². The second-order valence-electron chi connectivity index (χ2n) is 1.80. The Labute approximate surface area is 48.0 Å². The summed E-state index contributed by atoms with van der Waals surface area (Å²) in [5.74, 6) is -0.162. The quantitative estimate of drug-likeness (QED) is 0.478. The lowest BCUT2D eigenvalue weighted by Crippen LogP contribution is -1.72. The van der Waals surface area contributed by atoms with Crippen LogP contribution < -0.4 is 0 Å². The molecule has 1 rings (SSSR count). The average molecular weight is 109 g/mol. The summed E-state index contributed by atoms with van der Waals surface area (Å²) in [6, 6.07) is 6.50. The maximum atomic E-state index is 12.2.